The molecule has 6 aliphatic rings. The highest BCUT2D eigenvalue weighted by Gasteiger charge is 2.41. The number of hydrogen-bond donors (Lipinski definition) is 1. The van der Waals surface area contributed by atoms with Crippen molar-refractivity contribution in [3.8, 4) is 0 Å². The Balaban J connectivity index is 0.000000168. The fourth-order valence-corrected chi connectivity index (χ4v) is 10.6. The molecule has 1 heterocycles. The van der Waals surface area contributed by atoms with Crippen molar-refractivity contribution in [1.29, 1.82) is 0 Å². The quantitative estimate of drug-likeness (QED) is 0.167. The third kappa shape index (κ3) is 11.2. The summed E-state index contributed by atoms with van der Waals surface area (Å²) in [6.07, 6.45) is 13.8. The summed E-state index contributed by atoms with van der Waals surface area (Å²) in [6.45, 7) is 20.2. The summed E-state index contributed by atoms with van der Waals surface area (Å²) < 4.78 is 0. The number of aromatic nitrogens is 2. The van der Waals surface area contributed by atoms with Crippen molar-refractivity contribution < 1.29 is 24.0 Å². The number of carbonyl (C=O) groups excluding carboxylic acids is 5. The minimum atomic E-state index is -0.419. The van der Waals surface area contributed by atoms with E-state index in [9.17, 15) is 24.0 Å². The van der Waals surface area contributed by atoms with Crippen molar-refractivity contribution >= 4 is 40.4 Å². The van der Waals surface area contributed by atoms with E-state index in [0.717, 1.165) is 85.1 Å². The van der Waals surface area contributed by atoms with Gasteiger partial charge in [0.05, 0.1) is 5.92 Å². The number of Topliss-reactive ketones (excluding diaryl/α,β-unsaturated/α-hetero) is 5. The maximum absolute atomic E-state index is 12.2. The second-order valence-corrected chi connectivity index (χ2v) is 17.5. The largest absolute Gasteiger partial charge is 0.340 e. The van der Waals surface area contributed by atoms with Crippen LogP contribution in [0.1, 0.15) is 205 Å². The summed E-state index contributed by atoms with van der Waals surface area (Å²) in [7, 11) is 0. The average Bonchev–Trinajstić information content (AvgIpc) is 4.20. The van der Waals surface area contributed by atoms with E-state index in [1.54, 1.807) is 30.6 Å². The molecule has 8 nitrogen and oxygen atoms in total. The molecule has 0 saturated carbocycles. The predicted octanol–water partition coefficient (Wildman–Crippen LogP) is 14.4. The molecule has 0 amide bonds. The van der Waals surface area contributed by atoms with Gasteiger partial charge in [-0.05, 0) is 123 Å². The molecule has 0 saturated heterocycles. The Morgan fingerprint density at radius 2 is 1.09 bits per heavy atom. The molecule has 11 rings (SSSR count). The summed E-state index contributed by atoms with van der Waals surface area (Å²) in [4.78, 5) is 68.0. The van der Waals surface area contributed by atoms with Crippen LogP contribution in [0.4, 0.5) is 11.5 Å². The van der Waals surface area contributed by atoms with Gasteiger partial charge in [0.1, 0.15) is 12.1 Å². The molecule has 8 heteroatoms. The lowest BCUT2D eigenvalue weighted by atomic mass is 9.79. The molecular formula is C60H75N3O5. The third-order valence-electron chi connectivity index (χ3n) is 14.0. The van der Waals surface area contributed by atoms with Gasteiger partial charge in [-0.3, -0.25) is 24.0 Å². The van der Waals surface area contributed by atoms with Gasteiger partial charge in [0, 0.05) is 62.5 Å². The summed E-state index contributed by atoms with van der Waals surface area (Å²) in [5, 5.41) is 3.42. The average molecular weight is 918 g/mol. The highest BCUT2D eigenvalue weighted by Crippen LogP contribution is 2.47. The molecule has 5 aromatic rings. The van der Waals surface area contributed by atoms with Gasteiger partial charge in [-0.2, -0.15) is 0 Å². The van der Waals surface area contributed by atoms with Gasteiger partial charge in [-0.1, -0.05) is 136 Å². The Bertz CT molecular complexity index is 2520. The van der Waals surface area contributed by atoms with E-state index in [4.69, 9.17) is 0 Å². The molecule has 1 N–H and O–H groups in total. The van der Waals surface area contributed by atoms with E-state index in [-0.39, 0.29) is 29.3 Å². The lowest BCUT2D eigenvalue weighted by molar-refractivity contribution is 0.0832. The monoisotopic (exact) mass is 918 g/mol. The van der Waals surface area contributed by atoms with Crippen LogP contribution < -0.4 is 5.32 Å². The van der Waals surface area contributed by atoms with E-state index >= 15 is 0 Å². The lowest BCUT2D eigenvalue weighted by Crippen LogP contribution is -2.15. The number of benzene rings is 4. The number of hydrogen-bond acceptors (Lipinski definition) is 8. The Kier molecular flexibility index (Phi) is 19.9. The molecule has 4 atom stereocenters. The van der Waals surface area contributed by atoms with Crippen LogP contribution in [0.25, 0.3) is 0 Å². The lowest BCUT2D eigenvalue weighted by Gasteiger charge is -2.24. The van der Waals surface area contributed by atoms with E-state index in [0.29, 0.717) is 40.8 Å². The minimum Gasteiger partial charge on any atom is -0.340 e. The SMILES string of the molecule is CC.CC.CC.CCC1C(=O)c2cccc3c2C1CCC3.CCC1C(=O)c2ccccc2C1=O.CCC1Cc2cc(Nc3ncnc4c3CCC4)ccc2C1=O.CCC1Cc2ccccc2C1=O. The summed E-state index contributed by atoms with van der Waals surface area (Å²) in [5.41, 5.74) is 12.7. The maximum atomic E-state index is 12.2. The van der Waals surface area contributed by atoms with Crippen LogP contribution in [0.15, 0.2) is 91.3 Å². The molecule has 4 unspecified atom stereocenters. The zero-order chi connectivity index (χ0) is 49.5. The van der Waals surface area contributed by atoms with Crippen molar-refractivity contribution in [3.05, 3.63) is 153 Å². The zero-order valence-corrected chi connectivity index (χ0v) is 42.5. The standard InChI is InChI=1S/C18H19N3O.C14H16O.C11H10O2.C11H12O.3C2H6/c1-2-11-8-12-9-13(6-7-14(12)17(11)22)21-18-15-4-3-5-16(15)19-10-20-18;1-2-10-11-7-3-5-9-6-4-8-12(13(9)11)14(10)15;1-2-7-10(12)8-5-3-4-6-9(8)11(7)13;1-2-8-7-9-5-3-4-6-10(9)11(8)12;3*1-2/h6-7,9-11H,2-5,8H2,1H3,(H,19,20,21);4,6,8,10-11H,2-3,5,7H2,1H3;3-7H,2H2,1H3;3-6,8H,2,7H2,1H3;3*1-2H3. The normalized spacial score (nSPS) is 19.5. The van der Waals surface area contributed by atoms with E-state index in [1.165, 1.54) is 47.2 Å². The molecule has 0 fully saturated rings. The first-order valence-electron chi connectivity index (χ1n) is 25.9. The maximum Gasteiger partial charge on any atom is 0.174 e. The molecule has 0 radical (unpaired) electrons. The predicted molar refractivity (Wildman–Crippen MR) is 277 cm³/mol. The molecule has 6 aliphatic carbocycles. The van der Waals surface area contributed by atoms with Gasteiger partial charge in [0.15, 0.2) is 28.9 Å². The molecule has 4 aromatic carbocycles. The number of rotatable bonds is 6. The van der Waals surface area contributed by atoms with Gasteiger partial charge in [-0.25, -0.2) is 9.97 Å². The van der Waals surface area contributed by atoms with Crippen LogP contribution in [-0.2, 0) is 32.1 Å². The second-order valence-electron chi connectivity index (χ2n) is 17.5. The number of nitrogens with one attached hydrogen (secondary N) is 1. The minimum absolute atomic E-state index is 0.0110. The summed E-state index contributed by atoms with van der Waals surface area (Å²) in [6, 6.07) is 27.3. The number of nitrogens with zero attached hydrogens (tertiary/aromatic N) is 2. The van der Waals surface area contributed by atoms with Crippen molar-refractivity contribution in [1.82, 2.24) is 9.97 Å². The third-order valence-corrected chi connectivity index (χ3v) is 14.0. The molecule has 360 valence electrons. The Morgan fingerprint density at radius 3 is 1.69 bits per heavy atom. The molecule has 1 aromatic heterocycles. The van der Waals surface area contributed by atoms with Crippen molar-refractivity contribution in [2.45, 2.75) is 152 Å². The summed E-state index contributed by atoms with van der Waals surface area (Å²) in [5.74, 6) is 2.75. The smallest absolute Gasteiger partial charge is 0.174 e. The van der Waals surface area contributed by atoms with Gasteiger partial charge in [0.2, 0.25) is 0 Å². The van der Waals surface area contributed by atoms with Crippen LogP contribution in [-0.4, -0.2) is 38.9 Å². The first-order chi connectivity index (χ1) is 33.2. The number of ketones is 5. The van der Waals surface area contributed by atoms with Crippen molar-refractivity contribution in [2.24, 2.45) is 23.7 Å². The van der Waals surface area contributed by atoms with Crippen molar-refractivity contribution in [3.63, 3.8) is 0 Å². The number of carbonyl (C=O) groups is 5. The van der Waals surface area contributed by atoms with Gasteiger partial charge < -0.3 is 5.32 Å². The zero-order valence-electron chi connectivity index (χ0n) is 42.5. The molecule has 0 spiro atoms. The highest BCUT2D eigenvalue weighted by atomic mass is 16.2. The van der Waals surface area contributed by atoms with Crippen molar-refractivity contribution in [2.75, 3.05) is 5.32 Å². The van der Waals surface area contributed by atoms with E-state index in [2.05, 4.69) is 54.3 Å². The fourth-order valence-electron chi connectivity index (χ4n) is 10.6. The highest BCUT2D eigenvalue weighted by molar-refractivity contribution is 6.26. The first kappa shape index (κ1) is 53.1. The number of fused-ring (bicyclic) bond motifs is 4. The van der Waals surface area contributed by atoms with Crippen LogP contribution >= 0.6 is 0 Å². The Labute approximate surface area is 406 Å². The van der Waals surface area contributed by atoms with E-state index < -0.39 is 5.92 Å². The van der Waals surface area contributed by atoms with Gasteiger partial charge >= 0.3 is 0 Å². The van der Waals surface area contributed by atoms with E-state index in [1.807, 2.05) is 90.9 Å². The number of anilines is 2. The van der Waals surface area contributed by atoms with Crippen LogP contribution in [0.2, 0.25) is 0 Å². The number of aryl methyl sites for hydroxylation is 2. The van der Waals surface area contributed by atoms with Crippen LogP contribution in [0.3, 0.4) is 0 Å². The summed E-state index contributed by atoms with van der Waals surface area (Å²) >= 11 is 0. The molecule has 68 heavy (non-hydrogen) atoms. The van der Waals surface area contributed by atoms with Gasteiger partial charge in [-0.15, -0.1) is 0 Å². The Hall–Kier alpha value is -5.89. The fraction of sp³-hybridized carbons (Fsp3) is 0.450. The second kappa shape index (κ2) is 25.5. The topological polar surface area (TPSA) is 123 Å². The first-order valence-corrected chi connectivity index (χ1v) is 25.9. The Morgan fingerprint density at radius 1 is 0.515 bits per heavy atom. The molecule has 0 bridgehead atoms. The molecular weight excluding hydrogens is 843 g/mol. The van der Waals surface area contributed by atoms with Gasteiger partial charge in [0.25, 0.3) is 0 Å². The van der Waals surface area contributed by atoms with Crippen LogP contribution in [0, 0.1) is 23.7 Å². The van der Waals surface area contributed by atoms with Crippen LogP contribution in [0.5, 0.6) is 0 Å². The molecule has 0 aliphatic heterocycles.